The lowest BCUT2D eigenvalue weighted by Crippen LogP contribution is -2.35. The van der Waals surface area contributed by atoms with Crippen molar-refractivity contribution in [3.05, 3.63) is 15.6 Å². The summed E-state index contributed by atoms with van der Waals surface area (Å²) in [5.74, 6) is 0.716. The minimum atomic E-state index is 0.158. The third kappa shape index (κ3) is 4.04. The smallest absolute Gasteiger partial charge is 0.119 e. The Hall–Kier alpha value is -0.450. The molecule has 18 heavy (non-hydrogen) atoms. The molecule has 4 heteroatoms. The molecule has 102 valence electrons. The second-order valence-corrected chi connectivity index (χ2v) is 7.10. The Balaban J connectivity index is 2.04. The fraction of sp³-hybridized carbons (Fsp3) is 0.786. The Bertz CT molecular complexity index is 391. The van der Waals surface area contributed by atoms with Crippen LogP contribution in [0.3, 0.4) is 0 Å². The van der Waals surface area contributed by atoms with Gasteiger partial charge in [0.1, 0.15) is 5.01 Å². The van der Waals surface area contributed by atoms with Gasteiger partial charge in [0, 0.05) is 29.5 Å². The molecule has 3 nitrogen and oxygen atoms in total. The van der Waals surface area contributed by atoms with Gasteiger partial charge in [0.05, 0.1) is 12.3 Å². The van der Waals surface area contributed by atoms with E-state index >= 15 is 0 Å². The maximum Gasteiger partial charge on any atom is 0.119 e. The summed E-state index contributed by atoms with van der Waals surface area (Å²) in [4.78, 5) is 6.17. The van der Waals surface area contributed by atoms with Crippen LogP contribution in [0.2, 0.25) is 0 Å². The van der Waals surface area contributed by atoms with Gasteiger partial charge in [-0.3, -0.25) is 0 Å². The topological polar surface area (TPSA) is 34.1 Å². The van der Waals surface area contributed by atoms with Crippen LogP contribution >= 0.6 is 11.3 Å². The molecule has 0 bridgehead atoms. The summed E-state index contributed by atoms with van der Waals surface area (Å²) in [6.45, 7) is 11.0. The zero-order valence-electron chi connectivity index (χ0n) is 11.9. The van der Waals surface area contributed by atoms with Gasteiger partial charge in [0.15, 0.2) is 0 Å². The number of ether oxygens (including phenoxy) is 1. The summed E-state index contributed by atoms with van der Waals surface area (Å²) in [5.41, 5.74) is 1.48. The van der Waals surface area contributed by atoms with Crippen molar-refractivity contribution in [1.82, 2.24) is 10.3 Å². The van der Waals surface area contributed by atoms with Crippen molar-refractivity contribution in [1.29, 1.82) is 0 Å². The lowest BCUT2D eigenvalue weighted by molar-refractivity contribution is 0.134. The predicted molar refractivity (Wildman–Crippen MR) is 76.0 cm³/mol. The van der Waals surface area contributed by atoms with Crippen LogP contribution in [0.25, 0.3) is 0 Å². The molecule has 1 aromatic heterocycles. The van der Waals surface area contributed by atoms with Crippen molar-refractivity contribution >= 4 is 11.3 Å². The molecule has 1 N–H and O–H groups in total. The van der Waals surface area contributed by atoms with Crippen molar-refractivity contribution in [2.24, 2.45) is 0 Å². The SMILES string of the molecule is CCOCc1nc(C2CC2)c(CNC(C)(C)C)s1. The van der Waals surface area contributed by atoms with E-state index in [9.17, 15) is 0 Å². The molecule has 1 heterocycles. The van der Waals surface area contributed by atoms with E-state index in [1.807, 2.05) is 18.3 Å². The van der Waals surface area contributed by atoms with Crippen molar-refractivity contribution < 1.29 is 4.74 Å². The molecule has 1 aromatic rings. The van der Waals surface area contributed by atoms with Crippen LogP contribution in [0.5, 0.6) is 0 Å². The summed E-state index contributed by atoms with van der Waals surface area (Å²) in [7, 11) is 0. The van der Waals surface area contributed by atoms with Crippen LogP contribution in [-0.2, 0) is 17.9 Å². The lowest BCUT2D eigenvalue weighted by Gasteiger charge is -2.20. The summed E-state index contributed by atoms with van der Waals surface area (Å²) in [6.07, 6.45) is 2.61. The molecule has 1 fully saturated rings. The highest BCUT2D eigenvalue weighted by Crippen LogP contribution is 2.42. The molecule has 0 saturated heterocycles. The Labute approximate surface area is 114 Å². The van der Waals surface area contributed by atoms with E-state index in [-0.39, 0.29) is 5.54 Å². The Morgan fingerprint density at radius 3 is 2.67 bits per heavy atom. The number of aromatic nitrogens is 1. The zero-order chi connectivity index (χ0) is 13.2. The molecule has 0 amide bonds. The average molecular weight is 268 g/mol. The number of nitrogens with one attached hydrogen (secondary N) is 1. The van der Waals surface area contributed by atoms with Crippen LogP contribution < -0.4 is 5.32 Å². The van der Waals surface area contributed by atoms with E-state index in [1.54, 1.807) is 0 Å². The van der Waals surface area contributed by atoms with Gasteiger partial charge in [-0.25, -0.2) is 4.98 Å². The van der Waals surface area contributed by atoms with Crippen LogP contribution in [0.1, 0.15) is 62.0 Å². The first-order valence-electron chi connectivity index (χ1n) is 6.81. The van der Waals surface area contributed by atoms with Crippen molar-refractivity contribution in [3.8, 4) is 0 Å². The van der Waals surface area contributed by atoms with Crippen molar-refractivity contribution in [2.75, 3.05) is 6.61 Å². The normalized spacial score (nSPS) is 16.2. The fourth-order valence-corrected chi connectivity index (χ4v) is 2.84. The van der Waals surface area contributed by atoms with Gasteiger partial charge in [-0.05, 0) is 40.5 Å². The Morgan fingerprint density at radius 2 is 2.11 bits per heavy atom. The highest BCUT2D eigenvalue weighted by molar-refractivity contribution is 7.11. The Kier molecular flexibility index (Phi) is 4.41. The van der Waals surface area contributed by atoms with Crippen LogP contribution in [0.4, 0.5) is 0 Å². The average Bonchev–Trinajstić information content (AvgIpc) is 3.05. The molecule has 0 unspecified atom stereocenters. The van der Waals surface area contributed by atoms with Gasteiger partial charge < -0.3 is 10.1 Å². The van der Waals surface area contributed by atoms with E-state index in [2.05, 4.69) is 26.1 Å². The van der Waals surface area contributed by atoms with Crippen LogP contribution in [-0.4, -0.2) is 17.1 Å². The molecule has 1 saturated carbocycles. The molecule has 0 atom stereocenters. The van der Waals surface area contributed by atoms with E-state index in [1.165, 1.54) is 23.4 Å². The molecular weight excluding hydrogens is 244 g/mol. The van der Waals surface area contributed by atoms with E-state index in [4.69, 9.17) is 9.72 Å². The Morgan fingerprint density at radius 1 is 1.39 bits per heavy atom. The molecule has 0 spiro atoms. The number of rotatable bonds is 6. The standard InChI is InChI=1S/C14H24N2OS/c1-5-17-9-12-16-13(10-6-7-10)11(18-12)8-15-14(2,3)4/h10,15H,5-9H2,1-4H3. The third-order valence-corrected chi connectivity index (χ3v) is 3.99. The molecule has 0 aromatic carbocycles. The number of hydrogen-bond acceptors (Lipinski definition) is 4. The summed E-state index contributed by atoms with van der Waals surface area (Å²) in [5, 5.41) is 4.69. The summed E-state index contributed by atoms with van der Waals surface area (Å²) >= 11 is 1.81. The lowest BCUT2D eigenvalue weighted by atomic mass is 10.1. The molecular formula is C14H24N2OS. The number of thiazole rings is 1. The maximum atomic E-state index is 5.46. The van der Waals surface area contributed by atoms with Gasteiger partial charge in [-0.2, -0.15) is 0 Å². The first-order chi connectivity index (χ1) is 8.49. The van der Waals surface area contributed by atoms with Gasteiger partial charge in [0.25, 0.3) is 0 Å². The summed E-state index contributed by atoms with van der Waals surface area (Å²) in [6, 6.07) is 0. The third-order valence-electron chi connectivity index (χ3n) is 2.94. The maximum absolute atomic E-state index is 5.46. The van der Waals surface area contributed by atoms with E-state index in [0.29, 0.717) is 12.5 Å². The predicted octanol–water partition coefficient (Wildman–Crippen LogP) is 3.45. The quantitative estimate of drug-likeness (QED) is 0.858. The molecule has 1 aliphatic rings. The molecule has 2 rings (SSSR count). The minimum absolute atomic E-state index is 0.158. The highest BCUT2D eigenvalue weighted by Gasteiger charge is 2.29. The number of nitrogens with zero attached hydrogens (tertiary/aromatic N) is 1. The zero-order valence-corrected chi connectivity index (χ0v) is 12.7. The number of hydrogen-bond donors (Lipinski definition) is 1. The highest BCUT2D eigenvalue weighted by atomic mass is 32.1. The monoisotopic (exact) mass is 268 g/mol. The second-order valence-electron chi connectivity index (χ2n) is 5.93. The largest absolute Gasteiger partial charge is 0.375 e. The minimum Gasteiger partial charge on any atom is -0.375 e. The molecule has 1 aliphatic carbocycles. The summed E-state index contributed by atoms with van der Waals surface area (Å²) < 4.78 is 5.46. The fourth-order valence-electron chi connectivity index (χ4n) is 1.81. The van der Waals surface area contributed by atoms with Gasteiger partial charge in [-0.1, -0.05) is 0 Å². The van der Waals surface area contributed by atoms with Crippen molar-refractivity contribution in [3.63, 3.8) is 0 Å². The van der Waals surface area contributed by atoms with E-state index in [0.717, 1.165) is 18.2 Å². The van der Waals surface area contributed by atoms with Gasteiger partial charge >= 0.3 is 0 Å². The molecule has 0 radical (unpaired) electrons. The van der Waals surface area contributed by atoms with E-state index < -0.39 is 0 Å². The first kappa shape index (κ1) is 14.0. The van der Waals surface area contributed by atoms with Gasteiger partial charge in [0.2, 0.25) is 0 Å². The second kappa shape index (κ2) is 5.68. The van der Waals surface area contributed by atoms with Crippen molar-refractivity contribution in [2.45, 2.75) is 65.1 Å². The van der Waals surface area contributed by atoms with Crippen LogP contribution in [0.15, 0.2) is 0 Å². The van der Waals surface area contributed by atoms with Gasteiger partial charge in [-0.15, -0.1) is 11.3 Å². The first-order valence-corrected chi connectivity index (χ1v) is 7.62. The molecule has 0 aliphatic heterocycles. The van der Waals surface area contributed by atoms with Crippen LogP contribution in [0, 0.1) is 0 Å².